The second-order valence-corrected chi connectivity index (χ2v) is 7.62. The molecule has 130 valence electrons. The van der Waals surface area contributed by atoms with Crippen molar-refractivity contribution in [3.63, 3.8) is 0 Å². The SMILES string of the molecule is O=C(C1CCN(c2ccc(Cl)cn2)CC1)N1CCN(C2CC2)CC1. The summed E-state index contributed by atoms with van der Waals surface area (Å²) in [6.45, 7) is 5.73. The van der Waals surface area contributed by atoms with Gasteiger partial charge < -0.3 is 9.80 Å². The molecule has 1 aliphatic carbocycles. The van der Waals surface area contributed by atoms with Gasteiger partial charge in [-0.2, -0.15) is 0 Å². The lowest BCUT2D eigenvalue weighted by Gasteiger charge is -2.39. The van der Waals surface area contributed by atoms with E-state index >= 15 is 0 Å². The average molecular weight is 349 g/mol. The predicted molar refractivity (Wildman–Crippen MR) is 95.4 cm³/mol. The van der Waals surface area contributed by atoms with Gasteiger partial charge in [0, 0.05) is 57.4 Å². The van der Waals surface area contributed by atoms with Gasteiger partial charge in [-0.25, -0.2) is 4.98 Å². The molecule has 24 heavy (non-hydrogen) atoms. The second-order valence-electron chi connectivity index (χ2n) is 7.19. The first kappa shape index (κ1) is 16.2. The van der Waals surface area contributed by atoms with Gasteiger partial charge in [-0.1, -0.05) is 11.6 Å². The number of anilines is 1. The summed E-state index contributed by atoms with van der Waals surface area (Å²) < 4.78 is 0. The first-order valence-corrected chi connectivity index (χ1v) is 9.48. The summed E-state index contributed by atoms with van der Waals surface area (Å²) in [5.41, 5.74) is 0. The van der Waals surface area contributed by atoms with Crippen LogP contribution in [0.4, 0.5) is 5.82 Å². The third-order valence-electron chi connectivity index (χ3n) is 5.57. The van der Waals surface area contributed by atoms with Crippen LogP contribution in [0.1, 0.15) is 25.7 Å². The average Bonchev–Trinajstić information content (AvgIpc) is 3.47. The number of rotatable bonds is 3. The number of carbonyl (C=O) groups is 1. The van der Waals surface area contributed by atoms with Crippen molar-refractivity contribution in [3.05, 3.63) is 23.4 Å². The quantitative estimate of drug-likeness (QED) is 0.840. The fourth-order valence-electron chi connectivity index (χ4n) is 3.92. The molecular weight excluding hydrogens is 324 g/mol. The monoisotopic (exact) mass is 348 g/mol. The van der Waals surface area contributed by atoms with E-state index in [1.165, 1.54) is 12.8 Å². The number of piperidine rings is 1. The molecule has 0 bridgehead atoms. The number of hydrogen-bond donors (Lipinski definition) is 0. The predicted octanol–water partition coefficient (Wildman–Crippen LogP) is 2.26. The van der Waals surface area contributed by atoms with Gasteiger partial charge in [-0.05, 0) is 37.8 Å². The first-order valence-electron chi connectivity index (χ1n) is 9.10. The first-order chi connectivity index (χ1) is 11.7. The van der Waals surface area contributed by atoms with E-state index in [0.29, 0.717) is 10.9 Å². The zero-order valence-electron chi connectivity index (χ0n) is 14.0. The maximum absolute atomic E-state index is 12.8. The fraction of sp³-hybridized carbons (Fsp3) is 0.667. The number of halogens is 1. The molecular formula is C18H25ClN4O. The molecule has 0 aromatic carbocycles. The number of piperazine rings is 1. The summed E-state index contributed by atoms with van der Waals surface area (Å²) in [4.78, 5) is 24.1. The molecule has 0 unspecified atom stereocenters. The molecule has 2 saturated heterocycles. The molecule has 0 spiro atoms. The van der Waals surface area contributed by atoms with E-state index in [1.807, 2.05) is 12.1 Å². The lowest BCUT2D eigenvalue weighted by atomic mass is 9.95. The van der Waals surface area contributed by atoms with Crippen LogP contribution in [0, 0.1) is 5.92 Å². The molecule has 1 aromatic heterocycles. The van der Waals surface area contributed by atoms with Crippen molar-refractivity contribution in [1.82, 2.24) is 14.8 Å². The van der Waals surface area contributed by atoms with Crippen molar-refractivity contribution >= 4 is 23.3 Å². The lowest BCUT2D eigenvalue weighted by Crippen LogP contribution is -2.52. The molecule has 1 aromatic rings. The second kappa shape index (κ2) is 6.89. The molecule has 0 N–H and O–H groups in total. The standard InChI is InChI=1S/C18H25ClN4O/c19-15-1-4-17(20-13-15)22-7-5-14(6-8-22)18(24)23-11-9-21(10-12-23)16-2-3-16/h1,4,13-14,16H,2-3,5-12H2. The lowest BCUT2D eigenvalue weighted by molar-refractivity contribution is -0.138. The van der Waals surface area contributed by atoms with E-state index in [9.17, 15) is 4.79 Å². The largest absolute Gasteiger partial charge is 0.357 e. The summed E-state index contributed by atoms with van der Waals surface area (Å²) in [6.07, 6.45) is 6.24. The van der Waals surface area contributed by atoms with Gasteiger partial charge in [0.1, 0.15) is 5.82 Å². The van der Waals surface area contributed by atoms with E-state index in [2.05, 4.69) is 19.7 Å². The number of hydrogen-bond acceptors (Lipinski definition) is 4. The van der Waals surface area contributed by atoms with E-state index < -0.39 is 0 Å². The number of amides is 1. The molecule has 4 rings (SSSR count). The molecule has 0 atom stereocenters. The van der Waals surface area contributed by atoms with Gasteiger partial charge >= 0.3 is 0 Å². The minimum Gasteiger partial charge on any atom is -0.357 e. The number of aromatic nitrogens is 1. The van der Waals surface area contributed by atoms with Crippen LogP contribution in [0.15, 0.2) is 18.3 Å². The summed E-state index contributed by atoms with van der Waals surface area (Å²) >= 11 is 5.90. The van der Waals surface area contributed by atoms with Crippen molar-refractivity contribution < 1.29 is 4.79 Å². The summed E-state index contributed by atoms with van der Waals surface area (Å²) in [7, 11) is 0. The van der Waals surface area contributed by atoms with Crippen LogP contribution in [0.2, 0.25) is 5.02 Å². The highest BCUT2D eigenvalue weighted by Crippen LogP contribution is 2.28. The van der Waals surface area contributed by atoms with Crippen LogP contribution in [0.25, 0.3) is 0 Å². The Hall–Kier alpha value is -1.33. The minimum absolute atomic E-state index is 0.182. The van der Waals surface area contributed by atoms with Gasteiger partial charge in [0.05, 0.1) is 5.02 Å². The highest BCUT2D eigenvalue weighted by atomic mass is 35.5. The molecule has 3 heterocycles. The molecule has 1 amide bonds. The number of carbonyl (C=O) groups excluding carboxylic acids is 1. The van der Waals surface area contributed by atoms with Gasteiger partial charge in [0.25, 0.3) is 0 Å². The van der Waals surface area contributed by atoms with Gasteiger partial charge in [-0.15, -0.1) is 0 Å². The van der Waals surface area contributed by atoms with Gasteiger partial charge in [0.15, 0.2) is 0 Å². The highest BCUT2D eigenvalue weighted by molar-refractivity contribution is 6.30. The molecule has 0 radical (unpaired) electrons. The maximum atomic E-state index is 12.8. The third kappa shape index (κ3) is 3.52. The molecule has 5 nitrogen and oxygen atoms in total. The molecule has 2 aliphatic heterocycles. The zero-order chi connectivity index (χ0) is 16.5. The summed E-state index contributed by atoms with van der Waals surface area (Å²) in [5, 5.41) is 0.661. The Balaban J connectivity index is 1.27. The van der Waals surface area contributed by atoms with E-state index in [0.717, 1.165) is 64.0 Å². The number of nitrogens with zero attached hydrogens (tertiary/aromatic N) is 4. The van der Waals surface area contributed by atoms with Crippen molar-refractivity contribution in [2.75, 3.05) is 44.2 Å². The van der Waals surface area contributed by atoms with Crippen LogP contribution in [-0.2, 0) is 4.79 Å². The van der Waals surface area contributed by atoms with Crippen LogP contribution in [0.3, 0.4) is 0 Å². The van der Waals surface area contributed by atoms with Crippen LogP contribution < -0.4 is 4.90 Å². The molecule has 1 saturated carbocycles. The minimum atomic E-state index is 0.182. The van der Waals surface area contributed by atoms with Crippen molar-refractivity contribution in [2.24, 2.45) is 5.92 Å². The van der Waals surface area contributed by atoms with Gasteiger partial charge in [-0.3, -0.25) is 9.69 Å². The fourth-order valence-corrected chi connectivity index (χ4v) is 4.03. The summed E-state index contributed by atoms with van der Waals surface area (Å²) in [6, 6.07) is 4.65. The Kier molecular flexibility index (Phi) is 4.63. The van der Waals surface area contributed by atoms with Crippen LogP contribution >= 0.6 is 11.6 Å². The Labute approximate surface area is 148 Å². The smallest absolute Gasteiger partial charge is 0.225 e. The van der Waals surface area contributed by atoms with Crippen molar-refractivity contribution in [3.8, 4) is 0 Å². The van der Waals surface area contributed by atoms with E-state index in [1.54, 1.807) is 6.20 Å². The Morgan fingerprint density at radius 2 is 1.71 bits per heavy atom. The highest BCUT2D eigenvalue weighted by Gasteiger charge is 2.34. The third-order valence-corrected chi connectivity index (χ3v) is 5.79. The van der Waals surface area contributed by atoms with Gasteiger partial charge in [0.2, 0.25) is 5.91 Å². The van der Waals surface area contributed by atoms with Crippen LogP contribution in [-0.4, -0.2) is 66.0 Å². The van der Waals surface area contributed by atoms with E-state index in [4.69, 9.17) is 11.6 Å². The summed E-state index contributed by atoms with van der Waals surface area (Å²) in [5.74, 6) is 1.51. The Morgan fingerprint density at radius 3 is 2.29 bits per heavy atom. The normalized spacial score (nSPS) is 23.5. The van der Waals surface area contributed by atoms with Crippen molar-refractivity contribution in [2.45, 2.75) is 31.7 Å². The molecule has 6 heteroatoms. The Morgan fingerprint density at radius 1 is 1.00 bits per heavy atom. The molecule has 3 aliphatic rings. The Bertz CT molecular complexity index is 573. The van der Waals surface area contributed by atoms with Crippen molar-refractivity contribution in [1.29, 1.82) is 0 Å². The topological polar surface area (TPSA) is 39.7 Å². The zero-order valence-corrected chi connectivity index (χ0v) is 14.8. The molecule has 3 fully saturated rings. The van der Waals surface area contributed by atoms with E-state index in [-0.39, 0.29) is 5.92 Å². The maximum Gasteiger partial charge on any atom is 0.225 e. The number of pyridine rings is 1. The van der Waals surface area contributed by atoms with Crippen LogP contribution in [0.5, 0.6) is 0 Å².